The van der Waals surface area contributed by atoms with E-state index in [0.29, 0.717) is 6.54 Å². The number of halogens is 3. The third kappa shape index (κ3) is 4.52. The Kier molecular flexibility index (Phi) is 4.53. The largest absolute Gasteiger partial charge is 0.441 e. The molecule has 0 bridgehead atoms. The van der Waals surface area contributed by atoms with Gasteiger partial charge in [0.25, 0.3) is 0 Å². The third-order valence-electron chi connectivity index (χ3n) is 2.30. The predicted octanol–water partition coefficient (Wildman–Crippen LogP) is 1.55. The first kappa shape index (κ1) is 12.1. The molecule has 0 aliphatic carbocycles. The number of likely N-dealkylation sites (tertiary alicyclic amines) is 1. The van der Waals surface area contributed by atoms with Crippen LogP contribution in [0.2, 0.25) is 0 Å². The van der Waals surface area contributed by atoms with Crippen LogP contribution in [-0.4, -0.2) is 47.5 Å². The molecule has 14 heavy (non-hydrogen) atoms. The molecule has 0 aromatic carbocycles. The molecule has 1 heterocycles. The van der Waals surface area contributed by atoms with Crippen molar-refractivity contribution in [2.24, 2.45) is 5.92 Å². The summed E-state index contributed by atoms with van der Waals surface area (Å²) >= 11 is 0.0251. The molecule has 1 rings (SSSR count). The van der Waals surface area contributed by atoms with Gasteiger partial charge in [0, 0.05) is 25.4 Å². The maximum atomic E-state index is 11.8. The molecule has 1 N–H and O–H groups in total. The second kappa shape index (κ2) is 5.23. The molecule has 0 aromatic heterocycles. The minimum absolute atomic E-state index is 0.0251. The van der Waals surface area contributed by atoms with Gasteiger partial charge in [-0.2, -0.15) is 13.2 Å². The molecule has 1 fully saturated rings. The lowest BCUT2D eigenvalue weighted by atomic mass is 10.1. The van der Waals surface area contributed by atoms with Gasteiger partial charge in [-0.05, 0) is 30.6 Å². The Bertz CT molecular complexity index is 176. The average molecular weight is 229 g/mol. The van der Waals surface area contributed by atoms with Crippen molar-refractivity contribution < 1.29 is 18.3 Å². The van der Waals surface area contributed by atoms with Crippen molar-refractivity contribution in [2.45, 2.75) is 11.9 Å². The average Bonchev–Trinajstić information content (AvgIpc) is 2.50. The summed E-state index contributed by atoms with van der Waals surface area (Å²) in [6.07, 6.45) is 0.896. The van der Waals surface area contributed by atoms with E-state index in [1.807, 2.05) is 4.90 Å². The van der Waals surface area contributed by atoms with Crippen LogP contribution in [0.3, 0.4) is 0 Å². The fraction of sp³-hybridized carbons (Fsp3) is 1.00. The van der Waals surface area contributed by atoms with Gasteiger partial charge in [-0.3, -0.25) is 0 Å². The van der Waals surface area contributed by atoms with Gasteiger partial charge in [-0.1, -0.05) is 0 Å². The lowest BCUT2D eigenvalue weighted by Crippen LogP contribution is -2.25. The van der Waals surface area contributed by atoms with Crippen LogP contribution >= 0.6 is 11.8 Å². The van der Waals surface area contributed by atoms with Gasteiger partial charge in [-0.25, -0.2) is 0 Å². The molecule has 2 nitrogen and oxygen atoms in total. The number of alkyl halides is 3. The molecule has 0 aromatic rings. The van der Waals surface area contributed by atoms with Crippen LogP contribution < -0.4 is 0 Å². The molecule has 6 heteroatoms. The van der Waals surface area contributed by atoms with E-state index in [1.54, 1.807) is 0 Å². The second-order valence-electron chi connectivity index (χ2n) is 3.43. The zero-order valence-electron chi connectivity index (χ0n) is 7.76. The summed E-state index contributed by atoms with van der Waals surface area (Å²) < 4.78 is 35.3. The maximum Gasteiger partial charge on any atom is 0.441 e. The highest BCUT2D eigenvalue weighted by molar-refractivity contribution is 8.00. The van der Waals surface area contributed by atoms with E-state index in [0.717, 1.165) is 19.5 Å². The predicted molar refractivity (Wildman–Crippen MR) is 50.1 cm³/mol. The van der Waals surface area contributed by atoms with Crippen molar-refractivity contribution in [3.05, 3.63) is 0 Å². The maximum absolute atomic E-state index is 11.8. The minimum Gasteiger partial charge on any atom is -0.396 e. The van der Waals surface area contributed by atoms with Crippen LogP contribution in [0, 0.1) is 5.92 Å². The number of aliphatic hydroxyl groups excluding tert-OH is 1. The van der Waals surface area contributed by atoms with Crippen LogP contribution in [0.4, 0.5) is 13.2 Å². The molecule has 1 atom stereocenters. The Morgan fingerprint density at radius 2 is 2.14 bits per heavy atom. The van der Waals surface area contributed by atoms with Crippen LogP contribution in [0.1, 0.15) is 6.42 Å². The fourth-order valence-electron chi connectivity index (χ4n) is 1.56. The summed E-state index contributed by atoms with van der Waals surface area (Å²) in [7, 11) is 0. The topological polar surface area (TPSA) is 23.5 Å². The van der Waals surface area contributed by atoms with E-state index in [2.05, 4.69) is 0 Å². The highest BCUT2D eigenvalue weighted by atomic mass is 32.2. The molecule has 1 aliphatic rings. The Balaban J connectivity index is 2.09. The molecule has 0 saturated carbocycles. The summed E-state index contributed by atoms with van der Waals surface area (Å²) in [4.78, 5) is 1.97. The van der Waals surface area contributed by atoms with Gasteiger partial charge in [-0.15, -0.1) is 0 Å². The Hall–Kier alpha value is 0.0600. The summed E-state index contributed by atoms with van der Waals surface area (Å²) in [5, 5.41) is 8.83. The quantitative estimate of drug-likeness (QED) is 0.791. The lowest BCUT2D eigenvalue weighted by Gasteiger charge is -2.15. The van der Waals surface area contributed by atoms with Crippen molar-refractivity contribution in [2.75, 3.05) is 32.0 Å². The second-order valence-corrected chi connectivity index (χ2v) is 4.59. The van der Waals surface area contributed by atoms with Crippen LogP contribution in [0.5, 0.6) is 0 Å². The van der Waals surface area contributed by atoms with E-state index < -0.39 is 5.51 Å². The highest BCUT2D eigenvalue weighted by Gasteiger charge is 2.28. The minimum atomic E-state index is -4.11. The molecular formula is C8H14F3NOS. The monoisotopic (exact) mass is 229 g/mol. The fourth-order valence-corrected chi connectivity index (χ4v) is 2.14. The molecule has 1 aliphatic heterocycles. The molecule has 0 spiro atoms. The first-order valence-electron chi connectivity index (χ1n) is 4.55. The number of nitrogens with zero attached hydrogens (tertiary/aromatic N) is 1. The summed E-state index contributed by atoms with van der Waals surface area (Å²) in [6.45, 7) is 2.14. The van der Waals surface area contributed by atoms with Crippen LogP contribution in [-0.2, 0) is 0 Å². The highest BCUT2D eigenvalue weighted by Crippen LogP contribution is 2.30. The zero-order chi connectivity index (χ0) is 10.6. The SMILES string of the molecule is OCC1CCN(CCSC(F)(F)F)C1. The van der Waals surface area contributed by atoms with E-state index in [-0.39, 0.29) is 30.0 Å². The number of hydrogen-bond acceptors (Lipinski definition) is 3. The molecule has 0 amide bonds. The summed E-state index contributed by atoms with van der Waals surface area (Å²) in [5.41, 5.74) is -4.11. The van der Waals surface area contributed by atoms with E-state index in [1.165, 1.54) is 0 Å². The standard InChI is InChI=1S/C8H14F3NOS/c9-8(10,11)14-4-3-12-2-1-7(5-12)6-13/h7,13H,1-6H2. The molecule has 1 unspecified atom stereocenters. The van der Waals surface area contributed by atoms with E-state index in [4.69, 9.17) is 5.11 Å². The van der Waals surface area contributed by atoms with E-state index in [9.17, 15) is 13.2 Å². The van der Waals surface area contributed by atoms with Crippen molar-refractivity contribution in [3.8, 4) is 0 Å². The van der Waals surface area contributed by atoms with Gasteiger partial charge in [0.05, 0.1) is 0 Å². The number of thioether (sulfide) groups is 1. The third-order valence-corrected chi connectivity index (χ3v) is 3.02. The number of aliphatic hydroxyl groups is 1. The molecule has 1 saturated heterocycles. The smallest absolute Gasteiger partial charge is 0.396 e. The van der Waals surface area contributed by atoms with E-state index >= 15 is 0 Å². The van der Waals surface area contributed by atoms with Gasteiger partial charge in [0.2, 0.25) is 0 Å². The van der Waals surface area contributed by atoms with Gasteiger partial charge >= 0.3 is 5.51 Å². The van der Waals surface area contributed by atoms with Gasteiger partial charge in [0.15, 0.2) is 0 Å². The normalized spacial score (nSPS) is 24.4. The number of rotatable bonds is 4. The Morgan fingerprint density at radius 1 is 1.43 bits per heavy atom. The van der Waals surface area contributed by atoms with Crippen molar-refractivity contribution in [1.82, 2.24) is 4.90 Å². The molecular weight excluding hydrogens is 215 g/mol. The first-order chi connectivity index (χ1) is 6.51. The number of hydrogen-bond donors (Lipinski definition) is 1. The van der Waals surface area contributed by atoms with Crippen molar-refractivity contribution in [1.29, 1.82) is 0 Å². The Labute approximate surface area is 85.5 Å². The van der Waals surface area contributed by atoms with Gasteiger partial charge < -0.3 is 10.0 Å². The lowest BCUT2D eigenvalue weighted by molar-refractivity contribution is -0.0328. The zero-order valence-corrected chi connectivity index (χ0v) is 8.57. The van der Waals surface area contributed by atoms with Crippen molar-refractivity contribution in [3.63, 3.8) is 0 Å². The van der Waals surface area contributed by atoms with Crippen LogP contribution in [0.25, 0.3) is 0 Å². The van der Waals surface area contributed by atoms with Gasteiger partial charge in [0.1, 0.15) is 0 Å². The first-order valence-corrected chi connectivity index (χ1v) is 5.54. The summed E-state index contributed by atoms with van der Waals surface area (Å²) in [5.74, 6) is 0.340. The summed E-state index contributed by atoms with van der Waals surface area (Å²) in [6, 6.07) is 0. The van der Waals surface area contributed by atoms with Crippen LogP contribution in [0.15, 0.2) is 0 Å². The Morgan fingerprint density at radius 3 is 2.64 bits per heavy atom. The molecule has 0 radical (unpaired) electrons. The van der Waals surface area contributed by atoms with Crippen molar-refractivity contribution >= 4 is 11.8 Å². The molecule has 84 valence electrons.